The van der Waals surface area contributed by atoms with E-state index < -0.39 is 0 Å². The van der Waals surface area contributed by atoms with Gasteiger partial charge in [0.2, 0.25) is 5.91 Å². The molecule has 3 aromatic rings. The summed E-state index contributed by atoms with van der Waals surface area (Å²) in [4.78, 5) is 29.0. The molecule has 0 aromatic carbocycles. The van der Waals surface area contributed by atoms with Crippen molar-refractivity contribution in [3.63, 3.8) is 0 Å². The number of carbonyl (C=O) groups is 1. The Kier molecular flexibility index (Phi) is 8.56. The Morgan fingerprint density at radius 3 is 2.80 bits per heavy atom. The van der Waals surface area contributed by atoms with E-state index in [0.717, 1.165) is 73.5 Å². The molecule has 220 valence electrons. The minimum Gasteiger partial charge on any atom is -0.395 e. The number of fused-ring (bicyclic) bond motifs is 1. The van der Waals surface area contributed by atoms with Crippen LogP contribution in [0.2, 0.25) is 0 Å². The number of piperazine rings is 1. The summed E-state index contributed by atoms with van der Waals surface area (Å²) in [6.07, 6.45) is 11.0. The zero-order valence-corrected chi connectivity index (χ0v) is 24.8. The van der Waals surface area contributed by atoms with Gasteiger partial charge in [-0.1, -0.05) is 6.92 Å². The van der Waals surface area contributed by atoms with Crippen molar-refractivity contribution in [3.05, 3.63) is 30.5 Å². The number of aryl methyl sites for hydroxylation is 1. The second-order valence-corrected chi connectivity index (χ2v) is 12.5. The van der Waals surface area contributed by atoms with E-state index >= 15 is 0 Å². The molecule has 13 heteroatoms. The maximum absolute atomic E-state index is 12.9. The molecule has 0 saturated carbocycles. The number of imidazole rings is 1. The van der Waals surface area contributed by atoms with E-state index in [2.05, 4.69) is 27.1 Å². The van der Waals surface area contributed by atoms with Crippen LogP contribution in [0, 0.1) is 12.8 Å². The van der Waals surface area contributed by atoms with Crippen LogP contribution in [0.25, 0.3) is 16.9 Å². The minimum atomic E-state index is 0.0541. The number of likely N-dealkylation sites (tertiary alicyclic amines) is 1. The molecule has 2 fully saturated rings. The van der Waals surface area contributed by atoms with E-state index in [1.807, 2.05) is 34.8 Å². The number of rotatable bonds is 9. The second-order valence-electron chi connectivity index (χ2n) is 11.5. The number of amides is 1. The number of nitrogens with zero attached hydrogens (tertiary/aromatic N) is 9. The number of hydrogen-bond donors (Lipinski definition) is 2. The standard InChI is InChI=1S/C28H40N10O2S/c1-20-4-3-5-35(15-20)18-23-12-25(41-33-23)32-27-28-29-14-24(38(28)16-21(2)31-27)22-13-30-37(17-22)19-26(40)36-8-6-34(7-9-36)10-11-39/h13-14,16-17,20,25,39H,3-12,15,18-19H2,1-2H3,(H,31,32). The Balaban J connectivity index is 1.09. The number of nitrogens with one attached hydrogen (secondary N) is 1. The Morgan fingerprint density at radius 2 is 2.00 bits per heavy atom. The molecule has 2 unspecified atom stereocenters. The number of aromatic nitrogens is 5. The van der Waals surface area contributed by atoms with Crippen LogP contribution in [-0.2, 0) is 11.3 Å². The van der Waals surface area contributed by atoms with E-state index in [9.17, 15) is 4.79 Å². The van der Waals surface area contributed by atoms with Gasteiger partial charge in [0.1, 0.15) is 11.9 Å². The summed E-state index contributed by atoms with van der Waals surface area (Å²) in [5.74, 6) is 1.57. The Hall–Kier alpha value is -3.00. The monoisotopic (exact) mass is 580 g/mol. The van der Waals surface area contributed by atoms with Gasteiger partial charge in [-0.2, -0.15) is 5.10 Å². The van der Waals surface area contributed by atoms with Crippen molar-refractivity contribution in [2.24, 2.45) is 10.3 Å². The number of piperidine rings is 1. The number of hydrogen-bond acceptors (Lipinski definition) is 10. The highest BCUT2D eigenvalue weighted by molar-refractivity contribution is 7.99. The summed E-state index contributed by atoms with van der Waals surface area (Å²) < 4.78 is 8.52. The lowest BCUT2D eigenvalue weighted by atomic mass is 10.00. The van der Waals surface area contributed by atoms with Crippen molar-refractivity contribution in [1.82, 2.24) is 38.8 Å². The van der Waals surface area contributed by atoms with Gasteiger partial charge >= 0.3 is 0 Å². The number of carbonyl (C=O) groups excluding carboxylic acids is 1. The fraction of sp³-hybridized carbons (Fsp3) is 0.607. The summed E-state index contributed by atoms with van der Waals surface area (Å²) >= 11 is 1.59. The van der Waals surface area contributed by atoms with Crippen LogP contribution in [0.4, 0.5) is 5.82 Å². The molecule has 2 atom stereocenters. The summed E-state index contributed by atoms with van der Waals surface area (Å²) in [6.45, 7) is 11.5. The molecule has 12 nitrogen and oxygen atoms in total. The molecule has 6 heterocycles. The highest BCUT2D eigenvalue weighted by Crippen LogP contribution is 2.30. The van der Waals surface area contributed by atoms with Gasteiger partial charge in [-0.05, 0) is 44.2 Å². The molecule has 0 aliphatic carbocycles. The third kappa shape index (κ3) is 6.58. The first-order valence-corrected chi connectivity index (χ1v) is 15.5. The fourth-order valence-corrected chi connectivity index (χ4v) is 6.88. The van der Waals surface area contributed by atoms with Crippen molar-refractivity contribution in [3.8, 4) is 11.3 Å². The first-order chi connectivity index (χ1) is 19.9. The van der Waals surface area contributed by atoms with Crippen LogP contribution in [0.5, 0.6) is 0 Å². The quantitative estimate of drug-likeness (QED) is 0.366. The van der Waals surface area contributed by atoms with Gasteiger partial charge in [0, 0.05) is 75.9 Å². The van der Waals surface area contributed by atoms with Gasteiger partial charge in [0.25, 0.3) is 0 Å². The normalized spacial score (nSPS) is 22.4. The Labute approximate surface area is 245 Å². The third-order valence-corrected chi connectivity index (χ3v) is 9.06. The molecule has 6 rings (SSSR count). The predicted molar refractivity (Wildman–Crippen MR) is 161 cm³/mol. The lowest BCUT2D eigenvalue weighted by Gasteiger charge is -2.34. The van der Waals surface area contributed by atoms with Crippen molar-refractivity contribution in [1.29, 1.82) is 0 Å². The zero-order valence-electron chi connectivity index (χ0n) is 23.9. The number of anilines is 1. The van der Waals surface area contributed by atoms with E-state index in [-0.39, 0.29) is 24.4 Å². The van der Waals surface area contributed by atoms with Gasteiger partial charge < -0.3 is 15.3 Å². The highest BCUT2D eigenvalue weighted by Gasteiger charge is 2.26. The molecule has 0 bridgehead atoms. The van der Waals surface area contributed by atoms with Gasteiger partial charge in [0.15, 0.2) is 11.5 Å². The van der Waals surface area contributed by atoms with Crippen LogP contribution in [0.1, 0.15) is 31.9 Å². The zero-order chi connectivity index (χ0) is 28.3. The molecule has 0 radical (unpaired) electrons. The molecule has 3 aliphatic heterocycles. The SMILES string of the molecule is Cc1cn2c(-c3cnn(CC(=O)N4CCN(CCO)CC4)c3)cnc2c(NC2CC(CN3CCCC(C)C3)=NS2)n1. The summed E-state index contributed by atoms with van der Waals surface area (Å²) in [5.41, 5.74) is 4.68. The number of aliphatic hydroxyl groups is 1. The third-order valence-electron chi connectivity index (χ3n) is 8.16. The average molecular weight is 581 g/mol. The fourth-order valence-electron chi connectivity index (χ4n) is 6.04. The average Bonchev–Trinajstić information content (AvgIpc) is 3.70. The van der Waals surface area contributed by atoms with E-state index in [0.29, 0.717) is 19.6 Å². The molecule has 1 amide bonds. The van der Waals surface area contributed by atoms with E-state index in [1.165, 1.54) is 18.6 Å². The Bertz CT molecular complexity index is 1400. The second kappa shape index (κ2) is 12.5. The van der Waals surface area contributed by atoms with Gasteiger partial charge in [-0.25, -0.2) is 14.4 Å². The van der Waals surface area contributed by atoms with Crippen LogP contribution in [0.3, 0.4) is 0 Å². The first kappa shape index (κ1) is 28.1. The molecule has 2 N–H and O–H groups in total. The molecular weight excluding hydrogens is 540 g/mol. The molecule has 3 aromatic heterocycles. The summed E-state index contributed by atoms with van der Waals surface area (Å²) in [6, 6.07) is 0. The van der Waals surface area contributed by atoms with Crippen LogP contribution < -0.4 is 5.32 Å². The first-order valence-electron chi connectivity index (χ1n) is 14.6. The molecule has 41 heavy (non-hydrogen) atoms. The van der Waals surface area contributed by atoms with Crippen LogP contribution in [0.15, 0.2) is 29.2 Å². The molecule has 0 spiro atoms. The maximum atomic E-state index is 12.9. The largest absolute Gasteiger partial charge is 0.395 e. The minimum absolute atomic E-state index is 0.0541. The summed E-state index contributed by atoms with van der Waals surface area (Å²) in [7, 11) is 0. The highest BCUT2D eigenvalue weighted by atomic mass is 32.2. The molecule has 3 aliphatic rings. The summed E-state index contributed by atoms with van der Waals surface area (Å²) in [5, 5.41) is 17.3. The number of β-amino-alcohol motifs (C(OH)–C–C–N with tert-alkyl or cyclic N) is 1. The van der Waals surface area contributed by atoms with Gasteiger partial charge in [0.05, 0.1) is 30.4 Å². The maximum Gasteiger partial charge on any atom is 0.244 e. The van der Waals surface area contributed by atoms with E-state index in [4.69, 9.17) is 19.5 Å². The van der Waals surface area contributed by atoms with Crippen molar-refractivity contribution in [2.75, 3.05) is 64.3 Å². The lowest BCUT2D eigenvalue weighted by Crippen LogP contribution is -2.50. The van der Waals surface area contributed by atoms with Crippen LogP contribution >= 0.6 is 11.9 Å². The van der Waals surface area contributed by atoms with Crippen molar-refractivity contribution < 1.29 is 9.90 Å². The number of aliphatic hydroxyl groups excluding tert-OH is 1. The van der Waals surface area contributed by atoms with E-state index in [1.54, 1.807) is 22.8 Å². The molecular formula is C28H40N10O2S. The predicted octanol–water partition coefficient (Wildman–Crippen LogP) is 2.00. The van der Waals surface area contributed by atoms with Crippen molar-refractivity contribution in [2.45, 2.75) is 45.0 Å². The van der Waals surface area contributed by atoms with Gasteiger partial charge in [-0.15, -0.1) is 0 Å². The lowest BCUT2D eigenvalue weighted by molar-refractivity contribution is -0.133. The smallest absolute Gasteiger partial charge is 0.244 e. The molecule has 2 saturated heterocycles. The van der Waals surface area contributed by atoms with Gasteiger partial charge in [-0.3, -0.25) is 23.7 Å². The Morgan fingerprint density at radius 1 is 1.15 bits per heavy atom. The van der Waals surface area contributed by atoms with Crippen LogP contribution in [-0.4, -0.2) is 120 Å². The van der Waals surface area contributed by atoms with Crippen molar-refractivity contribution >= 4 is 35.0 Å². The topological polar surface area (TPSA) is 119 Å².